The summed E-state index contributed by atoms with van der Waals surface area (Å²) in [6, 6.07) is 84.4. The maximum atomic E-state index is 2.32. The quantitative estimate of drug-likeness (QED) is 0.130. The lowest BCUT2D eigenvalue weighted by Crippen LogP contribution is -2.10. The molecule has 0 radical (unpaired) electrons. The van der Waals surface area contributed by atoms with Crippen LogP contribution in [0.15, 0.2) is 249 Å². The van der Waals surface area contributed by atoms with Gasteiger partial charge in [-0.05, 0) is 99.6 Å². The Kier molecular flexibility index (Phi) is 10.8. The Morgan fingerprint density at radius 3 is 1.03 bits per heavy atom. The monoisotopic (exact) mass is 756 g/mol. The average molecular weight is 757 g/mol. The molecule has 0 unspecified atom stereocenters. The third kappa shape index (κ3) is 8.39. The third-order valence-corrected chi connectivity index (χ3v) is 10.8. The van der Waals surface area contributed by atoms with Gasteiger partial charge in [-0.25, -0.2) is 0 Å². The fraction of sp³-hybridized carbons (Fsp3) is 0.0175. The lowest BCUT2D eigenvalue weighted by Gasteiger charge is -2.25. The van der Waals surface area contributed by atoms with E-state index in [1.807, 2.05) is 0 Å². The highest BCUT2D eigenvalue weighted by Gasteiger charge is 2.15. The molecule has 9 aromatic carbocycles. The fourth-order valence-corrected chi connectivity index (χ4v) is 7.62. The van der Waals surface area contributed by atoms with Crippen molar-refractivity contribution in [3.8, 4) is 11.1 Å². The van der Waals surface area contributed by atoms with E-state index in [1.165, 1.54) is 27.5 Å². The van der Waals surface area contributed by atoms with Gasteiger partial charge in [0.25, 0.3) is 0 Å². The maximum Gasteiger partial charge on any atom is 0.0462 e. The number of fused-ring (bicyclic) bond motifs is 1. The highest BCUT2D eigenvalue weighted by Crippen LogP contribution is 2.36. The molecule has 0 amide bonds. The minimum atomic E-state index is 1.08. The predicted molar refractivity (Wildman–Crippen MR) is 251 cm³/mol. The van der Waals surface area contributed by atoms with E-state index in [0.717, 1.165) is 56.1 Å². The largest absolute Gasteiger partial charge is 0.317 e. The highest BCUT2D eigenvalue weighted by molar-refractivity contribution is 5.90. The van der Waals surface area contributed by atoms with Crippen LogP contribution < -0.4 is 9.80 Å². The van der Waals surface area contributed by atoms with E-state index >= 15 is 0 Å². The van der Waals surface area contributed by atoms with Crippen LogP contribution in [0.4, 0.5) is 22.7 Å². The van der Waals surface area contributed by atoms with Gasteiger partial charge in [0.15, 0.2) is 0 Å². The van der Waals surface area contributed by atoms with Crippen molar-refractivity contribution in [3.63, 3.8) is 0 Å². The summed E-state index contributed by atoms with van der Waals surface area (Å²) in [4.78, 5) is 4.62. The molecule has 0 bridgehead atoms. The zero-order valence-corrected chi connectivity index (χ0v) is 33.1. The first-order chi connectivity index (χ1) is 29.2. The first-order valence-electron chi connectivity index (χ1n) is 20.2. The molecule has 2 nitrogen and oxygen atoms in total. The number of rotatable bonds is 11. The van der Waals surface area contributed by atoms with E-state index in [1.54, 1.807) is 0 Å². The third-order valence-electron chi connectivity index (χ3n) is 10.8. The van der Waals surface area contributed by atoms with Crippen LogP contribution in [-0.2, 0) is 0 Å². The Morgan fingerprint density at radius 1 is 0.305 bits per heavy atom. The van der Waals surface area contributed by atoms with Crippen molar-refractivity contribution in [1.29, 1.82) is 0 Å². The van der Waals surface area contributed by atoms with Gasteiger partial charge in [0.05, 0.1) is 0 Å². The lowest BCUT2D eigenvalue weighted by atomic mass is 9.98. The lowest BCUT2D eigenvalue weighted by molar-refractivity contribution is 1.27. The van der Waals surface area contributed by atoms with Crippen LogP contribution in [0.2, 0.25) is 0 Å². The summed E-state index contributed by atoms with van der Waals surface area (Å²) < 4.78 is 0. The summed E-state index contributed by atoms with van der Waals surface area (Å²) in [5.74, 6) is 0. The topological polar surface area (TPSA) is 6.48 Å². The van der Waals surface area contributed by atoms with Gasteiger partial charge in [0, 0.05) is 46.3 Å². The molecule has 9 aromatic rings. The molecule has 0 aliphatic carbocycles. The second-order valence-corrected chi connectivity index (χ2v) is 14.8. The summed E-state index contributed by atoms with van der Waals surface area (Å²) in [5.41, 5.74) is 14.9. The summed E-state index contributed by atoms with van der Waals surface area (Å²) >= 11 is 0. The van der Waals surface area contributed by atoms with Crippen molar-refractivity contribution in [3.05, 3.63) is 277 Å². The molecular formula is C57H44N2. The number of nitrogens with zero attached hydrogens (tertiary/aromatic N) is 2. The molecule has 0 aromatic heterocycles. The number of benzene rings is 9. The maximum absolute atomic E-state index is 2.32. The summed E-state index contributed by atoms with van der Waals surface area (Å²) in [6.07, 6.45) is 4.55. The molecule has 282 valence electrons. The number of aryl methyl sites for hydroxylation is 1. The van der Waals surface area contributed by atoms with Gasteiger partial charge in [-0.1, -0.05) is 194 Å². The van der Waals surface area contributed by atoms with Crippen molar-refractivity contribution >= 4 is 44.7 Å². The molecule has 0 fully saturated rings. The molecule has 0 aliphatic heterocycles. The molecule has 59 heavy (non-hydrogen) atoms. The smallest absolute Gasteiger partial charge is 0.0462 e. The van der Waals surface area contributed by atoms with Crippen molar-refractivity contribution in [2.45, 2.75) is 6.92 Å². The van der Waals surface area contributed by atoms with Gasteiger partial charge < -0.3 is 9.80 Å². The zero-order valence-electron chi connectivity index (χ0n) is 33.1. The Morgan fingerprint density at radius 2 is 0.627 bits per heavy atom. The summed E-state index contributed by atoms with van der Waals surface area (Å²) in [6.45, 7) is 2.13. The Bertz CT molecular complexity index is 2740. The van der Waals surface area contributed by atoms with Gasteiger partial charge in [0.2, 0.25) is 0 Å². The summed E-state index contributed by atoms with van der Waals surface area (Å²) in [5, 5.41) is 2.42. The minimum absolute atomic E-state index is 1.08. The van der Waals surface area contributed by atoms with E-state index in [2.05, 4.69) is 266 Å². The first kappa shape index (κ1) is 36.9. The molecule has 2 heteroatoms. The van der Waals surface area contributed by atoms with Gasteiger partial charge >= 0.3 is 0 Å². The van der Waals surface area contributed by atoms with Crippen LogP contribution in [0.5, 0.6) is 0 Å². The first-order valence-corrected chi connectivity index (χ1v) is 20.2. The zero-order chi connectivity index (χ0) is 39.8. The molecule has 9 rings (SSSR count). The van der Waals surface area contributed by atoms with Crippen LogP contribution in [0, 0.1) is 6.92 Å². The van der Waals surface area contributed by atoms with Crippen molar-refractivity contribution in [2.24, 2.45) is 0 Å². The normalized spacial score (nSPS) is 10.8. The Hall–Kier alpha value is -7.68. The van der Waals surface area contributed by atoms with Crippen molar-refractivity contribution in [1.82, 2.24) is 0 Å². The Labute approximate surface area is 347 Å². The molecule has 0 saturated heterocycles. The SMILES string of the molecule is Cc1ccc(N(C=C(c2ccccc2)c2ccccc2)c2ccc(-c3ccc(N(C=C(c4ccccc4)c4ccccc4)c4ccc5ccccc5c4)cc3)cc2)cc1. The molecule has 0 heterocycles. The molecule has 0 aliphatic rings. The van der Waals surface area contributed by atoms with Gasteiger partial charge in [-0.2, -0.15) is 0 Å². The van der Waals surface area contributed by atoms with Crippen molar-refractivity contribution in [2.75, 3.05) is 9.80 Å². The van der Waals surface area contributed by atoms with E-state index < -0.39 is 0 Å². The minimum Gasteiger partial charge on any atom is -0.317 e. The van der Waals surface area contributed by atoms with Crippen LogP contribution >= 0.6 is 0 Å². The average Bonchev–Trinajstić information content (AvgIpc) is 3.31. The molecular weight excluding hydrogens is 713 g/mol. The molecule has 0 atom stereocenters. The van der Waals surface area contributed by atoms with Crippen LogP contribution in [0.25, 0.3) is 33.0 Å². The van der Waals surface area contributed by atoms with E-state index in [9.17, 15) is 0 Å². The van der Waals surface area contributed by atoms with Gasteiger partial charge in [0.1, 0.15) is 0 Å². The van der Waals surface area contributed by atoms with E-state index in [-0.39, 0.29) is 0 Å². The summed E-state index contributed by atoms with van der Waals surface area (Å²) in [7, 11) is 0. The number of anilines is 4. The van der Waals surface area contributed by atoms with Crippen LogP contribution in [-0.4, -0.2) is 0 Å². The second-order valence-electron chi connectivity index (χ2n) is 14.8. The second kappa shape index (κ2) is 17.2. The molecule has 0 saturated carbocycles. The van der Waals surface area contributed by atoms with Crippen LogP contribution in [0.1, 0.15) is 27.8 Å². The fourth-order valence-electron chi connectivity index (χ4n) is 7.62. The predicted octanol–water partition coefficient (Wildman–Crippen LogP) is 15.3. The van der Waals surface area contributed by atoms with Gasteiger partial charge in [-0.3, -0.25) is 0 Å². The number of hydrogen-bond donors (Lipinski definition) is 0. The Balaban J connectivity index is 1.09. The molecule has 0 spiro atoms. The number of hydrogen-bond acceptors (Lipinski definition) is 2. The van der Waals surface area contributed by atoms with E-state index in [0.29, 0.717) is 0 Å². The van der Waals surface area contributed by atoms with Crippen LogP contribution in [0.3, 0.4) is 0 Å². The highest BCUT2D eigenvalue weighted by atomic mass is 15.1. The van der Waals surface area contributed by atoms with Gasteiger partial charge in [-0.15, -0.1) is 0 Å². The standard InChI is InChI=1S/C57H44N2/c1-43-26-33-52(34-27-43)58(41-56(47-17-6-2-7-18-47)48-19-8-3-9-20-48)53-35-28-45(29-36-53)46-30-37-54(38-31-46)59(55-39-32-44-16-14-15-25-51(44)40-55)42-57(49-21-10-4-11-22-49)50-23-12-5-13-24-50/h2-42H,1H3. The van der Waals surface area contributed by atoms with E-state index in [4.69, 9.17) is 0 Å². The van der Waals surface area contributed by atoms with Crippen molar-refractivity contribution < 1.29 is 0 Å². The molecule has 0 N–H and O–H groups in total.